The molecule has 0 aliphatic carbocycles. The van der Waals surface area contributed by atoms with Gasteiger partial charge < -0.3 is 4.74 Å². The molecule has 1 heterocycles. The van der Waals surface area contributed by atoms with Crippen LogP contribution in [-0.4, -0.2) is 9.78 Å². The topological polar surface area (TPSA) is 27.1 Å². The fraction of sp³-hybridized carbons (Fsp3) is 0.250. The molecule has 0 atom stereocenters. The number of benzene rings is 1. The maximum absolute atomic E-state index is 6.14. The van der Waals surface area contributed by atoms with E-state index in [0.717, 1.165) is 15.7 Å². The van der Waals surface area contributed by atoms with Gasteiger partial charge in [0.25, 0.3) is 0 Å². The van der Waals surface area contributed by atoms with Crippen molar-refractivity contribution in [3.8, 4) is 11.6 Å². The van der Waals surface area contributed by atoms with E-state index in [0.29, 0.717) is 22.0 Å². The van der Waals surface area contributed by atoms with Crippen LogP contribution in [0, 0.1) is 6.92 Å². The SMILES string of the molecule is Cc1nn(C)c(Oc2ccc(Br)cc2Cl)c1CBr. The molecule has 3 nitrogen and oxygen atoms in total. The molecule has 1 aromatic carbocycles. The molecule has 0 spiro atoms. The lowest BCUT2D eigenvalue weighted by Crippen LogP contribution is -1.96. The van der Waals surface area contributed by atoms with Gasteiger partial charge in [-0.1, -0.05) is 43.5 Å². The van der Waals surface area contributed by atoms with Crippen LogP contribution in [0.4, 0.5) is 0 Å². The fourth-order valence-electron chi connectivity index (χ4n) is 1.62. The maximum Gasteiger partial charge on any atom is 0.221 e. The summed E-state index contributed by atoms with van der Waals surface area (Å²) in [5.74, 6) is 1.32. The van der Waals surface area contributed by atoms with Crippen molar-refractivity contribution in [2.24, 2.45) is 7.05 Å². The molecule has 18 heavy (non-hydrogen) atoms. The van der Waals surface area contributed by atoms with Crippen LogP contribution in [-0.2, 0) is 12.4 Å². The van der Waals surface area contributed by atoms with E-state index in [9.17, 15) is 0 Å². The van der Waals surface area contributed by atoms with E-state index < -0.39 is 0 Å². The summed E-state index contributed by atoms with van der Waals surface area (Å²) in [6.45, 7) is 1.95. The van der Waals surface area contributed by atoms with Crippen LogP contribution in [0.3, 0.4) is 0 Å². The van der Waals surface area contributed by atoms with Gasteiger partial charge in [-0.3, -0.25) is 0 Å². The van der Waals surface area contributed by atoms with E-state index in [1.807, 2.05) is 26.1 Å². The van der Waals surface area contributed by atoms with Crippen LogP contribution in [0.1, 0.15) is 11.3 Å². The Morgan fingerprint density at radius 3 is 2.78 bits per heavy atom. The van der Waals surface area contributed by atoms with Gasteiger partial charge in [0.15, 0.2) is 0 Å². The van der Waals surface area contributed by atoms with E-state index in [4.69, 9.17) is 16.3 Å². The first-order chi connectivity index (χ1) is 8.52. The molecular weight excluding hydrogens is 383 g/mol. The molecule has 1 aromatic heterocycles. The van der Waals surface area contributed by atoms with Crippen LogP contribution in [0.15, 0.2) is 22.7 Å². The van der Waals surface area contributed by atoms with Gasteiger partial charge in [-0.2, -0.15) is 5.10 Å². The van der Waals surface area contributed by atoms with Gasteiger partial charge in [-0.15, -0.1) is 0 Å². The van der Waals surface area contributed by atoms with Crippen molar-refractivity contribution < 1.29 is 4.74 Å². The first kappa shape index (κ1) is 13.9. The number of nitrogens with zero attached hydrogens (tertiary/aromatic N) is 2. The van der Waals surface area contributed by atoms with E-state index in [2.05, 4.69) is 37.0 Å². The standard InChI is InChI=1S/C12H11Br2ClN2O/c1-7-9(6-13)12(17(2)16-7)18-11-4-3-8(14)5-10(11)15/h3-5H,6H2,1-2H3. The average Bonchev–Trinajstić information content (AvgIpc) is 2.57. The smallest absolute Gasteiger partial charge is 0.221 e. The van der Waals surface area contributed by atoms with Crippen molar-refractivity contribution in [2.45, 2.75) is 12.3 Å². The number of alkyl halides is 1. The van der Waals surface area contributed by atoms with Crippen LogP contribution in [0.25, 0.3) is 0 Å². The second kappa shape index (κ2) is 5.63. The predicted molar refractivity (Wildman–Crippen MR) is 79.8 cm³/mol. The zero-order chi connectivity index (χ0) is 13.3. The number of hydrogen-bond acceptors (Lipinski definition) is 2. The van der Waals surface area contributed by atoms with Gasteiger partial charge in [0.2, 0.25) is 5.88 Å². The molecular formula is C12H11Br2ClN2O. The summed E-state index contributed by atoms with van der Waals surface area (Å²) < 4.78 is 8.49. The lowest BCUT2D eigenvalue weighted by atomic mass is 10.3. The second-order valence-corrected chi connectivity index (χ2v) is 5.69. The van der Waals surface area contributed by atoms with Gasteiger partial charge in [-0.25, -0.2) is 4.68 Å². The highest BCUT2D eigenvalue weighted by molar-refractivity contribution is 9.10. The monoisotopic (exact) mass is 392 g/mol. The van der Waals surface area contributed by atoms with Crippen molar-refractivity contribution in [1.82, 2.24) is 9.78 Å². The minimum Gasteiger partial charge on any atom is -0.437 e. The number of rotatable bonds is 3. The lowest BCUT2D eigenvalue weighted by Gasteiger charge is -2.09. The highest BCUT2D eigenvalue weighted by Gasteiger charge is 2.15. The van der Waals surface area contributed by atoms with Crippen molar-refractivity contribution in [3.05, 3.63) is 39.0 Å². The molecule has 0 aliphatic rings. The first-order valence-corrected chi connectivity index (χ1v) is 7.53. The Morgan fingerprint density at radius 1 is 1.44 bits per heavy atom. The third kappa shape index (κ3) is 2.73. The average molecular weight is 394 g/mol. The van der Waals surface area contributed by atoms with Crippen LogP contribution in [0.5, 0.6) is 11.6 Å². The number of aromatic nitrogens is 2. The van der Waals surface area contributed by atoms with Gasteiger partial charge in [-0.05, 0) is 25.1 Å². The minimum atomic E-state index is 0.559. The van der Waals surface area contributed by atoms with Crippen molar-refractivity contribution in [3.63, 3.8) is 0 Å². The molecule has 2 aromatic rings. The number of hydrogen-bond donors (Lipinski definition) is 0. The summed E-state index contributed by atoms with van der Waals surface area (Å²) >= 11 is 12.9. The molecule has 2 rings (SSSR count). The summed E-state index contributed by atoms with van der Waals surface area (Å²) in [6.07, 6.45) is 0. The van der Waals surface area contributed by atoms with E-state index in [1.54, 1.807) is 10.7 Å². The Morgan fingerprint density at radius 2 is 2.17 bits per heavy atom. The Labute approximate surface area is 127 Å². The van der Waals surface area contributed by atoms with E-state index >= 15 is 0 Å². The molecule has 0 saturated carbocycles. The normalized spacial score (nSPS) is 10.7. The molecule has 0 fully saturated rings. The van der Waals surface area contributed by atoms with Crippen molar-refractivity contribution in [1.29, 1.82) is 0 Å². The fourth-order valence-corrected chi connectivity index (χ4v) is 2.98. The highest BCUT2D eigenvalue weighted by atomic mass is 79.9. The molecule has 96 valence electrons. The van der Waals surface area contributed by atoms with Crippen LogP contribution in [0.2, 0.25) is 5.02 Å². The Kier molecular flexibility index (Phi) is 4.35. The van der Waals surface area contributed by atoms with Crippen molar-refractivity contribution >= 4 is 43.5 Å². The molecule has 6 heteroatoms. The quantitative estimate of drug-likeness (QED) is 0.697. The van der Waals surface area contributed by atoms with Gasteiger partial charge in [0.05, 0.1) is 10.7 Å². The lowest BCUT2D eigenvalue weighted by molar-refractivity contribution is 0.427. The van der Waals surface area contributed by atoms with Crippen LogP contribution < -0.4 is 4.74 Å². The summed E-state index contributed by atoms with van der Waals surface area (Å²) in [5, 5.41) is 5.58. The largest absolute Gasteiger partial charge is 0.437 e. The Balaban J connectivity index is 2.39. The van der Waals surface area contributed by atoms with Gasteiger partial charge in [0.1, 0.15) is 5.75 Å². The molecule has 0 N–H and O–H groups in total. The summed E-state index contributed by atoms with van der Waals surface area (Å²) in [5.41, 5.74) is 1.97. The molecule has 0 aliphatic heterocycles. The van der Waals surface area contributed by atoms with Gasteiger partial charge >= 0.3 is 0 Å². The zero-order valence-electron chi connectivity index (χ0n) is 9.88. The second-order valence-electron chi connectivity index (χ2n) is 3.80. The maximum atomic E-state index is 6.14. The molecule has 0 saturated heterocycles. The van der Waals surface area contributed by atoms with E-state index in [1.165, 1.54) is 0 Å². The first-order valence-electron chi connectivity index (χ1n) is 5.24. The Hall–Kier alpha value is -0.520. The third-order valence-electron chi connectivity index (χ3n) is 2.52. The third-order valence-corrected chi connectivity index (χ3v) is 3.87. The van der Waals surface area contributed by atoms with E-state index in [-0.39, 0.29) is 0 Å². The Bertz CT molecular complexity index is 584. The predicted octanol–water partition coefficient (Wildman–Crippen LogP) is 4.83. The number of halogens is 3. The summed E-state index contributed by atoms with van der Waals surface area (Å²) in [6, 6.07) is 5.51. The summed E-state index contributed by atoms with van der Waals surface area (Å²) in [7, 11) is 1.85. The molecule has 0 radical (unpaired) electrons. The highest BCUT2D eigenvalue weighted by Crippen LogP contribution is 2.34. The number of aryl methyl sites for hydroxylation is 2. The summed E-state index contributed by atoms with van der Waals surface area (Å²) in [4.78, 5) is 0. The van der Waals surface area contributed by atoms with Gasteiger partial charge in [0, 0.05) is 22.4 Å². The molecule has 0 bridgehead atoms. The van der Waals surface area contributed by atoms with Crippen molar-refractivity contribution in [2.75, 3.05) is 0 Å². The van der Waals surface area contributed by atoms with Crippen LogP contribution >= 0.6 is 43.5 Å². The molecule has 0 unspecified atom stereocenters. The number of ether oxygens (including phenoxy) is 1. The minimum absolute atomic E-state index is 0.559. The zero-order valence-corrected chi connectivity index (χ0v) is 13.8. The molecule has 0 amide bonds.